The molecule has 3 rings (SSSR count). The number of aryl methyl sites for hydroxylation is 2. The van der Waals surface area contributed by atoms with Crippen LogP contribution in [0.25, 0.3) is 10.2 Å². The van der Waals surface area contributed by atoms with Crippen LogP contribution >= 0.6 is 11.3 Å². The van der Waals surface area contributed by atoms with Crippen molar-refractivity contribution in [2.45, 2.75) is 66.0 Å². The van der Waals surface area contributed by atoms with Gasteiger partial charge in [0.1, 0.15) is 10.7 Å². The molecule has 1 saturated carbocycles. The lowest BCUT2D eigenvalue weighted by Crippen LogP contribution is -2.42. The fraction of sp³-hybridized carbons (Fsp3) is 0.667. The first-order valence-corrected chi connectivity index (χ1v) is 9.46. The van der Waals surface area contributed by atoms with E-state index in [0.29, 0.717) is 12.0 Å². The van der Waals surface area contributed by atoms with Crippen molar-refractivity contribution >= 4 is 21.6 Å². The first-order valence-electron chi connectivity index (χ1n) is 8.64. The van der Waals surface area contributed by atoms with E-state index in [-0.39, 0.29) is 11.6 Å². The minimum absolute atomic E-state index is 0.00874. The molecule has 1 aliphatic carbocycles. The number of H-pyrrole nitrogens is 1. The SMILES string of the molecule is Cc1sc2nc(C(C)NC3CCCC(C)C3C)[nH]c(=O)c2c1C. The van der Waals surface area contributed by atoms with Crippen LogP contribution in [0, 0.1) is 25.7 Å². The number of rotatable bonds is 3. The van der Waals surface area contributed by atoms with E-state index in [0.717, 1.165) is 27.5 Å². The molecule has 4 unspecified atom stereocenters. The van der Waals surface area contributed by atoms with E-state index in [1.807, 2.05) is 13.8 Å². The van der Waals surface area contributed by atoms with E-state index in [1.54, 1.807) is 11.3 Å². The number of hydrogen-bond donors (Lipinski definition) is 2. The Morgan fingerprint density at radius 2 is 2.04 bits per heavy atom. The van der Waals surface area contributed by atoms with Crippen LogP contribution in [-0.2, 0) is 0 Å². The van der Waals surface area contributed by atoms with Gasteiger partial charge in [-0.05, 0) is 44.6 Å². The van der Waals surface area contributed by atoms with Gasteiger partial charge in [0.2, 0.25) is 0 Å². The maximum absolute atomic E-state index is 12.4. The molecule has 2 aromatic rings. The molecule has 5 heteroatoms. The van der Waals surface area contributed by atoms with E-state index in [9.17, 15) is 4.79 Å². The monoisotopic (exact) mass is 333 g/mol. The van der Waals surface area contributed by atoms with Crippen LogP contribution in [-0.4, -0.2) is 16.0 Å². The van der Waals surface area contributed by atoms with Gasteiger partial charge in [-0.2, -0.15) is 0 Å². The summed E-state index contributed by atoms with van der Waals surface area (Å²) in [6, 6.07) is 0.564. The highest BCUT2D eigenvalue weighted by molar-refractivity contribution is 7.18. The summed E-state index contributed by atoms with van der Waals surface area (Å²) in [5.41, 5.74) is 1.05. The Hall–Kier alpha value is -1.20. The molecule has 23 heavy (non-hydrogen) atoms. The van der Waals surface area contributed by atoms with Crippen molar-refractivity contribution in [1.29, 1.82) is 0 Å². The van der Waals surface area contributed by atoms with E-state index < -0.39 is 0 Å². The lowest BCUT2D eigenvalue weighted by molar-refractivity contribution is 0.195. The molecule has 0 amide bonds. The highest BCUT2D eigenvalue weighted by Gasteiger charge is 2.28. The predicted molar refractivity (Wildman–Crippen MR) is 97.2 cm³/mol. The standard InChI is InChI=1S/C18H27N3OS/c1-9-7-6-8-14(10(9)2)19-12(4)16-20-17(22)15-11(3)13(5)23-18(15)21-16/h9-10,12,14,19H,6-8H2,1-5H3,(H,20,21,22). The molecule has 2 aromatic heterocycles. The molecule has 1 fully saturated rings. The smallest absolute Gasteiger partial charge is 0.259 e. The fourth-order valence-electron chi connectivity index (χ4n) is 3.69. The lowest BCUT2D eigenvalue weighted by Gasteiger charge is -2.36. The number of thiophene rings is 1. The summed E-state index contributed by atoms with van der Waals surface area (Å²) in [5.74, 6) is 2.17. The zero-order valence-corrected chi connectivity index (χ0v) is 15.5. The summed E-state index contributed by atoms with van der Waals surface area (Å²) in [4.78, 5) is 22.2. The molecular weight excluding hydrogens is 306 g/mol. The number of aromatic nitrogens is 2. The molecule has 2 heterocycles. The predicted octanol–water partition coefficient (Wildman–Crippen LogP) is 4.08. The molecule has 0 radical (unpaired) electrons. The third-order valence-electron chi connectivity index (χ3n) is 5.64. The summed E-state index contributed by atoms with van der Waals surface area (Å²) in [7, 11) is 0. The Kier molecular flexibility index (Phi) is 4.61. The summed E-state index contributed by atoms with van der Waals surface area (Å²) >= 11 is 1.61. The van der Waals surface area contributed by atoms with Gasteiger partial charge in [-0.1, -0.05) is 26.7 Å². The van der Waals surface area contributed by atoms with Gasteiger partial charge >= 0.3 is 0 Å². The molecule has 4 nitrogen and oxygen atoms in total. The number of fused-ring (bicyclic) bond motifs is 1. The second-order valence-electron chi connectivity index (χ2n) is 7.18. The van der Waals surface area contributed by atoms with Gasteiger partial charge < -0.3 is 10.3 Å². The second-order valence-corrected chi connectivity index (χ2v) is 8.38. The maximum atomic E-state index is 12.4. The highest BCUT2D eigenvalue weighted by Crippen LogP contribution is 2.31. The minimum Gasteiger partial charge on any atom is -0.309 e. The quantitative estimate of drug-likeness (QED) is 0.890. The van der Waals surface area contributed by atoms with Crippen LogP contribution in [0.4, 0.5) is 0 Å². The van der Waals surface area contributed by atoms with E-state index >= 15 is 0 Å². The van der Waals surface area contributed by atoms with Crippen LogP contribution in [0.3, 0.4) is 0 Å². The van der Waals surface area contributed by atoms with Crippen molar-refractivity contribution in [2.75, 3.05) is 0 Å². The summed E-state index contributed by atoms with van der Waals surface area (Å²) in [6.07, 6.45) is 3.81. The first kappa shape index (κ1) is 16.7. The molecule has 0 aromatic carbocycles. The average Bonchev–Trinajstić information content (AvgIpc) is 2.79. The van der Waals surface area contributed by atoms with Gasteiger partial charge in [-0.15, -0.1) is 11.3 Å². The van der Waals surface area contributed by atoms with E-state index in [2.05, 4.69) is 31.1 Å². The minimum atomic E-state index is -0.00874. The van der Waals surface area contributed by atoms with Crippen LogP contribution in [0.2, 0.25) is 0 Å². The molecular formula is C18H27N3OS. The van der Waals surface area contributed by atoms with Gasteiger partial charge in [-0.3, -0.25) is 4.79 Å². The Bertz CT molecular complexity index is 763. The van der Waals surface area contributed by atoms with Gasteiger partial charge in [0.25, 0.3) is 5.56 Å². The third kappa shape index (κ3) is 3.09. The van der Waals surface area contributed by atoms with Crippen LogP contribution in [0.5, 0.6) is 0 Å². The van der Waals surface area contributed by atoms with Crippen molar-refractivity contribution in [1.82, 2.24) is 15.3 Å². The normalized spacial score (nSPS) is 26.6. The van der Waals surface area contributed by atoms with E-state index in [4.69, 9.17) is 4.98 Å². The van der Waals surface area contributed by atoms with Crippen LogP contribution in [0.15, 0.2) is 4.79 Å². The van der Waals surface area contributed by atoms with Gasteiger partial charge in [0.05, 0.1) is 11.4 Å². The second kappa shape index (κ2) is 6.36. The van der Waals surface area contributed by atoms with Gasteiger partial charge in [0.15, 0.2) is 0 Å². The Balaban J connectivity index is 1.86. The largest absolute Gasteiger partial charge is 0.309 e. The number of hydrogen-bond acceptors (Lipinski definition) is 4. The van der Waals surface area contributed by atoms with Crippen LogP contribution in [0.1, 0.15) is 62.3 Å². The topological polar surface area (TPSA) is 57.8 Å². The summed E-state index contributed by atoms with van der Waals surface area (Å²) < 4.78 is 0. The first-order chi connectivity index (χ1) is 10.9. The fourth-order valence-corrected chi connectivity index (χ4v) is 4.73. The molecule has 0 bridgehead atoms. The molecule has 2 N–H and O–H groups in total. The summed E-state index contributed by atoms with van der Waals surface area (Å²) in [5, 5.41) is 4.45. The number of nitrogens with one attached hydrogen (secondary N) is 2. The van der Waals surface area contributed by atoms with E-state index in [1.165, 1.54) is 24.1 Å². The van der Waals surface area contributed by atoms with Crippen LogP contribution < -0.4 is 10.9 Å². The van der Waals surface area contributed by atoms with Gasteiger partial charge in [-0.25, -0.2) is 4.98 Å². The number of nitrogens with zero attached hydrogens (tertiary/aromatic N) is 1. The Morgan fingerprint density at radius 1 is 1.30 bits per heavy atom. The molecule has 126 valence electrons. The van der Waals surface area contributed by atoms with Gasteiger partial charge in [0, 0.05) is 10.9 Å². The zero-order chi connectivity index (χ0) is 16.7. The van der Waals surface area contributed by atoms with Crippen molar-refractivity contribution < 1.29 is 0 Å². The van der Waals surface area contributed by atoms with Crippen molar-refractivity contribution in [3.8, 4) is 0 Å². The number of aromatic amines is 1. The van der Waals surface area contributed by atoms with Crippen molar-refractivity contribution in [2.24, 2.45) is 11.8 Å². The van der Waals surface area contributed by atoms with Crippen molar-refractivity contribution in [3.05, 3.63) is 26.6 Å². The highest BCUT2D eigenvalue weighted by atomic mass is 32.1. The molecule has 0 aliphatic heterocycles. The Morgan fingerprint density at radius 3 is 2.78 bits per heavy atom. The molecule has 0 spiro atoms. The average molecular weight is 334 g/mol. The molecule has 1 aliphatic rings. The Labute approximate surface area is 141 Å². The summed E-state index contributed by atoms with van der Waals surface area (Å²) in [6.45, 7) is 10.8. The lowest BCUT2D eigenvalue weighted by atomic mass is 9.78. The third-order valence-corrected chi connectivity index (χ3v) is 6.74. The zero-order valence-electron chi connectivity index (χ0n) is 14.7. The molecule has 4 atom stereocenters. The molecule has 0 saturated heterocycles. The van der Waals surface area contributed by atoms with Crippen molar-refractivity contribution in [3.63, 3.8) is 0 Å². The maximum Gasteiger partial charge on any atom is 0.259 e.